The van der Waals surface area contributed by atoms with Crippen LogP contribution in [0.4, 0.5) is 0 Å². The molecule has 0 amide bonds. The third kappa shape index (κ3) is 4.75. The predicted molar refractivity (Wildman–Crippen MR) is 39.0 cm³/mol. The van der Waals surface area contributed by atoms with Gasteiger partial charge in [0.25, 0.3) is 0 Å². The number of ether oxygens (including phenoxy) is 1. The SMILES string of the molecule is CC(C)(O)C(=O)OCCCO. The average molecular weight is 162 g/mol. The minimum absolute atomic E-state index is 0.0147. The third-order valence-electron chi connectivity index (χ3n) is 1.04. The van der Waals surface area contributed by atoms with E-state index in [1.807, 2.05) is 0 Å². The van der Waals surface area contributed by atoms with E-state index in [0.29, 0.717) is 6.42 Å². The smallest absolute Gasteiger partial charge is 0.337 e. The molecule has 0 heterocycles. The van der Waals surface area contributed by atoms with Gasteiger partial charge >= 0.3 is 5.97 Å². The molecule has 4 nitrogen and oxygen atoms in total. The maximum Gasteiger partial charge on any atom is 0.337 e. The molecule has 0 aromatic carbocycles. The van der Waals surface area contributed by atoms with Crippen LogP contribution in [0.25, 0.3) is 0 Å². The lowest BCUT2D eigenvalue weighted by molar-refractivity contribution is -0.162. The van der Waals surface area contributed by atoms with Gasteiger partial charge in [0.1, 0.15) is 0 Å². The van der Waals surface area contributed by atoms with Crippen LogP contribution in [0.2, 0.25) is 0 Å². The van der Waals surface area contributed by atoms with Crippen molar-refractivity contribution in [2.24, 2.45) is 0 Å². The first kappa shape index (κ1) is 10.4. The summed E-state index contributed by atoms with van der Waals surface area (Å²) in [5, 5.41) is 17.4. The van der Waals surface area contributed by atoms with E-state index in [0.717, 1.165) is 0 Å². The van der Waals surface area contributed by atoms with E-state index in [2.05, 4.69) is 4.74 Å². The zero-order valence-electron chi connectivity index (χ0n) is 6.83. The van der Waals surface area contributed by atoms with Crippen molar-refractivity contribution in [2.45, 2.75) is 25.9 Å². The zero-order valence-corrected chi connectivity index (χ0v) is 6.83. The topological polar surface area (TPSA) is 66.8 Å². The highest BCUT2D eigenvalue weighted by Crippen LogP contribution is 2.03. The molecule has 0 radical (unpaired) electrons. The summed E-state index contributed by atoms with van der Waals surface area (Å²) in [6.07, 6.45) is 0.405. The van der Waals surface area contributed by atoms with Crippen LogP contribution >= 0.6 is 0 Å². The molecule has 0 aliphatic heterocycles. The summed E-state index contributed by atoms with van der Waals surface area (Å²) in [4.78, 5) is 10.8. The van der Waals surface area contributed by atoms with E-state index in [4.69, 9.17) is 10.2 Å². The number of hydrogen-bond donors (Lipinski definition) is 2. The maximum atomic E-state index is 10.8. The zero-order chi connectivity index (χ0) is 8.91. The van der Waals surface area contributed by atoms with Crippen LogP contribution in [0.3, 0.4) is 0 Å². The molecule has 0 rings (SSSR count). The van der Waals surface area contributed by atoms with Crippen molar-refractivity contribution >= 4 is 5.97 Å². The fourth-order valence-electron chi connectivity index (χ4n) is 0.406. The van der Waals surface area contributed by atoms with Crippen LogP contribution in [0.15, 0.2) is 0 Å². The molecular weight excluding hydrogens is 148 g/mol. The number of rotatable bonds is 4. The van der Waals surface area contributed by atoms with E-state index < -0.39 is 11.6 Å². The van der Waals surface area contributed by atoms with Gasteiger partial charge in [0.05, 0.1) is 6.61 Å². The molecule has 66 valence electrons. The van der Waals surface area contributed by atoms with E-state index in [9.17, 15) is 4.79 Å². The van der Waals surface area contributed by atoms with Gasteiger partial charge in [-0.1, -0.05) is 0 Å². The number of carbonyl (C=O) groups is 1. The molecule has 0 aromatic heterocycles. The summed E-state index contributed by atoms with van der Waals surface area (Å²) in [7, 11) is 0. The summed E-state index contributed by atoms with van der Waals surface area (Å²) >= 11 is 0. The highest BCUT2D eigenvalue weighted by molar-refractivity contribution is 5.78. The Morgan fingerprint density at radius 1 is 1.55 bits per heavy atom. The van der Waals surface area contributed by atoms with Crippen molar-refractivity contribution in [3.8, 4) is 0 Å². The van der Waals surface area contributed by atoms with Crippen LogP contribution in [-0.2, 0) is 9.53 Å². The van der Waals surface area contributed by atoms with Crippen LogP contribution in [-0.4, -0.2) is 35.0 Å². The van der Waals surface area contributed by atoms with E-state index in [1.54, 1.807) is 0 Å². The molecule has 0 saturated carbocycles. The van der Waals surface area contributed by atoms with Crippen molar-refractivity contribution in [2.75, 3.05) is 13.2 Å². The molecule has 0 aliphatic rings. The first-order valence-corrected chi connectivity index (χ1v) is 3.49. The number of hydrogen-bond acceptors (Lipinski definition) is 4. The van der Waals surface area contributed by atoms with Gasteiger partial charge < -0.3 is 14.9 Å². The molecule has 0 aromatic rings. The first-order valence-electron chi connectivity index (χ1n) is 3.49. The van der Waals surface area contributed by atoms with E-state index in [1.165, 1.54) is 13.8 Å². The number of aliphatic hydroxyl groups is 2. The van der Waals surface area contributed by atoms with Crippen molar-refractivity contribution < 1.29 is 19.7 Å². The van der Waals surface area contributed by atoms with Crippen molar-refractivity contribution in [1.29, 1.82) is 0 Å². The second kappa shape index (κ2) is 4.31. The minimum Gasteiger partial charge on any atom is -0.463 e. The molecular formula is C7H14O4. The van der Waals surface area contributed by atoms with Gasteiger partial charge in [-0.05, 0) is 13.8 Å². The van der Waals surface area contributed by atoms with Crippen LogP contribution in [0.1, 0.15) is 20.3 Å². The lowest BCUT2D eigenvalue weighted by Crippen LogP contribution is -2.33. The van der Waals surface area contributed by atoms with Gasteiger partial charge in [0, 0.05) is 13.0 Å². The van der Waals surface area contributed by atoms with Crippen LogP contribution in [0.5, 0.6) is 0 Å². The fourth-order valence-corrected chi connectivity index (χ4v) is 0.406. The summed E-state index contributed by atoms with van der Waals surface area (Å²) in [6.45, 7) is 2.85. The summed E-state index contributed by atoms with van der Waals surface area (Å²) in [6, 6.07) is 0. The van der Waals surface area contributed by atoms with Gasteiger partial charge in [-0.3, -0.25) is 0 Å². The van der Waals surface area contributed by atoms with Crippen LogP contribution < -0.4 is 0 Å². The van der Waals surface area contributed by atoms with Crippen LogP contribution in [0, 0.1) is 0 Å². The Balaban J connectivity index is 3.54. The Labute approximate surface area is 65.8 Å². The largest absolute Gasteiger partial charge is 0.463 e. The molecule has 4 heteroatoms. The highest BCUT2D eigenvalue weighted by Gasteiger charge is 2.24. The fraction of sp³-hybridized carbons (Fsp3) is 0.857. The number of esters is 1. The molecule has 0 atom stereocenters. The van der Waals surface area contributed by atoms with Gasteiger partial charge in [-0.15, -0.1) is 0 Å². The van der Waals surface area contributed by atoms with Gasteiger partial charge in [-0.25, -0.2) is 4.79 Å². The highest BCUT2D eigenvalue weighted by atomic mass is 16.5. The Kier molecular flexibility index (Phi) is 4.07. The summed E-state index contributed by atoms with van der Waals surface area (Å²) < 4.78 is 4.60. The second-order valence-corrected chi connectivity index (χ2v) is 2.77. The quantitative estimate of drug-likeness (QED) is 0.439. The molecule has 11 heavy (non-hydrogen) atoms. The second-order valence-electron chi connectivity index (χ2n) is 2.77. The van der Waals surface area contributed by atoms with Crippen molar-refractivity contribution in [3.05, 3.63) is 0 Å². The maximum absolute atomic E-state index is 10.8. The number of aliphatic hydroxyl groups excluding tert-OH is 1. The van der Waals surface area contributed by atoms with Crippen molar-refractivity contribution in [3.63, 3.8) is 0 Å². The molecule has 0 aliphatic carbocycles. The normalized spacial score (nSPS) is 11.3. The van der Waals surface area contributed by atoms with E-state index >= 15 is 0 Å². The summed E-state index contributed by atoms with van der Waals surface area (Å²) in [5.74, 6) is -0.661. The van der Waals surface area contributed by atoms with E-state index in [-0.39, 0.29) is 13.2 Å². The monoisotopic (exact) mass is 162 g/mol. The summed E-state index contributed by atoms with van der Waals surface area (Å²) in [5.41, 5.74) is -1.44. The molecule has 0 unspecified atom stereocenters. The Bertz CT molecular complexity index is 125. The average Bonchev–Trinajstić information content (AvgIpc) is 1.86. The Morgan fingerprint density at radius 2 is 2.09 bits per heavy atom. The Hall–Kier alpha value is -0.610. The van der Waals surface area contributed by atoms with Gasteiger partial charge in [0.15, 0.2) is 5.60 Å². The van der Waals surface area contributed by atoms with Gasteiger partial charge in [-0.2, -0.15) is 0 Å². The standard InChI is InChI=1S/C7H14O4/c1-7(2,10)6(9)11-5-3-4-8/h8,10H,3-5H2,1-2H3. The van der Waals surface area contributed by atoms with Crippen molar-refractivity contribution in [1.82, 2.24) is 0 Å². The lowest BCUT2D eigenvalue weighted by atomic mass is 10.1. The molecule has 2 N–H and O–H groups in total. The molecule has 0 spiro atoms. The molecule has 0 bridgehead atoms. The minimum atomic E-state index is -1.44. The van der Waals surface area contributed by atoms with Gasteiger partial charge in [0.2, 0.25) is 0 Å². The Morgan fingerprint density at radius 3 is 2.45 bits per heavy atom. The first-order chi connectivity index (χ1) is 4.98. The molecule has 0 saturated heterocycles. The third-order valence-corrected chi connectivity index (χ3v) is 1.04. The number of carbonyl (C=O) groups excluding carboxylic acids is 1. The lowest BCUT2D eigenvalue weighted by Gasteiger charge is -2.14. The predicted octanol–water partition coefficient (Wildman–Crippen LogP) is -0.317. The molecule has 0 fully saturated rings.